The second-order valence-corrected chi connectivity index (χ2v) is 9.70. The van der Waals surface area contributed by atoms with Crippen molar-refractivity contribution in [1.82, 2.24) is 10.6 Å². The van der Waals surface area contributed by atoms with Crippen molar-refractivity contribution in [2.24, 2.45) is 5.73 Å². The van der Waals surface area contributed by atoms with Crippen molar-refractivity contribution in [1.29, 1.82) is 0 Å². The number of carbonyl (C=O) groups is 5. The molecular formula is C29H45N3O6. The van der Waals surface area contributed by atoms with Crippen LogP contribution in [-0.4, -0.2) is 41.6 Å². The molecular weight excluding hydrogens is 486 g/mol. The molecule has 0 radical (unpaired) electrons. The number of primary amides is 1. The maximum absolute atomic E-state index is 12.5. The third-order valence-corrected chi connectivity index (χ3v) is 6.23. The second kappa shape index (κ2) is 19.8. The minimum Gasteiger partial charge on any atom is -0.461 e. The average Bonchev–Trinajstić information content (AvgIpc) is 2.89. The van der Waals surface area contributed by atoms with Gasteiger partial charge in [0.15, 0.2) is 0 Å². The van der Waals surface area contributed by atoms with Crippen molar-refractivity contribution >= 4 is 29.5 Å². The van der Waals surface area contributed by atoms with Crippen LogP contribution in [0.1, 0.15) is 103 Å². The van der Waals surface area contributed by atoms with Crippen LogP contribution in [0.15, 0.2) is 30.3 Å². The van der Waals surface area contributed by atoms with E-state index in [0.717, 1.165) is 31.2 Å². The fourth-order valence-electron chi connectivity index (χ4n) is 3.87. The first-order valence-electron chi connectivity index (χ1n) is 13.8. The van der Waals surface area contributed by atoms with E-state index in [2.05, 4.69) is 17.6 Å². The van der Waals surface area contributed by atoms with E-state index in [1.165, 1.54) is 26.2 Å². The molecule has 0 unspecified atom stereocenters. The predicted molar refractivity (Wildman–Crippen MR) is 146 cm³/mol. The summed E-state index contributed by atoms with van der Waals surface area (Å²) in [7, 11) is 0. The van der Waals surface area contributed by atoms with Gasteiger partial charge in [-0.1, -0.05) is 69.4 Å². The molecule has 0 aromatic heterocycles. The molecule has 0 saturated heterocycles. The van der Waals surface area contributed by atoms with E-state index in [1.54, 1.807) is 0 Å². The molecule has 1 rings (SSSR count). The van der Waals surface area contributed by atoms with Crippen molar-refractivity contribution in [3.63, 3.8) is 0 Å². The molecule has 0 fully saturated rings. The Morgan fingerprint density at radius 3 is 2.05 bits per heavy atom. The number of benzene rings is 1. The molecule has 0 aliphatic heterocycles. The van der Waals surface area contributed by atoms with Crippen molar-refractivity contribution in [3.05, 3.63) is 35.9 Å². The lowest BCUT2D eigenvalue weighted by molar-refractivity contribution is -0.145. The Morgan fingerprint density at radius 2 is 1.42 bits per heavy atom. The van der Waals surface area contributed by atoms with Gasteiger partial charge in [-0.2, -0.15) is 0 Å². The van der Waals surface area contributed by atoms with Crippen molar-refractivity contribution in [2.45, 2.75) is 116 Å². The number of ether oxygens (including phenoxy) is 1. The zero-order valence-corrected chi connectivity index (χ0v) is 23.0. The minimum absolute atomic E-state index is 0.00712. The molecule has 4 N–H and O–H groups in total. The van der Waals surface area contributed by atoms with Gasteiger partial charge in [0.05, 0.1) is 0 Å². The summed E-state index contributed by atoms with van der Waals surface area (Å²) in [5, 5.41) is 5.10. The fraction of sp³-hybridized carbons (Fsp3) is 0.621. The van der Waals surface area contributed by atoms with Crippen molar-refractivity contribution < 1.29 is 28.7 Å². The topological polar surface area (TPSA) is 145 Å². The van der Waals surface area contributed by atoms with Gasteiger partial charge >= 0.3 is 5.97 Å². The van der Waals surface area contributed by atoms with Crippen LogP contribution in [0.4, 0.5) is 0 Å². The molecule has 9 heteroatoms. The number of esters is 1. The van der Waals surface area contributed by atoms with Gasteiger partial charge in [0, 0.05) is 25.7 Å². The Kier molecular flexibility index (Phi) is 17.1. The van der Waals surface area contributed by atoms with Gasteiger partial charge in [0.1, 0.15) is 24.5 Å². The lowest BCUT2D eigenvalue weighted by Gasteiger charge is -2.19. The van der Waals surface area contributed by atoms with Gasteiger partial charge in [-0.05, 0) is 38.2 Å². The monoisotopic (exact) mass is 531 g/mol. The number of carbonyl (C=O) groups excluding carboxylic acids is 5. The summed E-state index contributed by atoms with van der Waals surface area (Å²) in [4.78, 5) is 60.4. The molecule has 212 valence electrons. The average molecular weight is 532 g/mol. The molecule has 1 aromatic rings. The zero-order chi connectivity index (χ0) is 28.2. The van der Waals surface area contributed by atoms with E-state index in [-0.39, 0.29) is 37.6 Å². The van der Waals surface area contributed by atoms with Crippen LogP contribution in [0.25, 0.3) is 0 Å². The largest absolute Gasteiger partial charge is 0.461 e. The molecule has 2 atom stereocenters. The number of Topliss-reactive ketones (excluding diaryl/α,β-unsaturated/α-hetero) is 1. The standard InChI is InChI=1S/C29H45N3O6/c1-3-4-5-6-11-16-24(33)17-12-8-13-18-26(34)31-22(2)29(37)32-25(28(30)36)19-20-27(35)38-21-23-14-9-7-10-15-23/h7,9-10,14-15,22,25H,3-6,8,11-13,16-21H2,1-2H3,(H2,30,36)(H,31,34)(H,32,37)/t22-,25+/m0/s1. The highest BCUT2D eigenvalue weighted by Crippen LogP contribution is 2.10. The number of amides is 3. The lowest BCUT2D eigenvalue weighted by Crippen LogP contribution is -2.52. The highest BCUT2D eigenvalue weighted by molar-refractivity contribution is 5.91. The van der Waals surface area contributed by atoms with Gasteiger partial charge in [-0.15, -0.1) is 0 Å². The Balaban J connectivity index is 2.23. The summed E-state index contributed by atoms with van der Waals surface area (Å²) in [6, 6.07) is 7.25. The fourth-order valence-corrected chi connectivity index (χ4v) is 3.87. The SMILES string of the molecule is CCCCCCCC(=O)CCCCCC(=O)N[C@@H](C)C(=O)N[C@H](CCC(=O)OCc1ccccc1)C(N)=O. The van der Waals surface area contributed by atoms with E-state index in [9.17, 15) is 24.0 Å². The number of ketones is 1. The summed E-state index contributed by atoms with van der Waals surface area (Å²) in [6.07, 6.45) is 9.11. The molecule has 1 aromatic carbocycles. The van der Waals surface area contributed by atoms with E-state index < -0.39 is 29.9 Å². The smallest absolute Gasteiger partial charge is 0.306 e. The van der Waals surface area contributed by atoms with Crippen molar-refractivity contribution in [2.75, 3.05) is 0 Å². The van der Waals surface area contributed by atoms with Crippen LogP contribution in [0.3, 0.4) is 0 Å². The van der Waals surface area contributed by atoms with E-state index in [0.29, 0.717) is 19.3 Å². The molecule has 0 aliphatic carbocycles. The number of hydrogen-bond acceptors (Lipinski definition) is 6. The Morgan fingerprint density at radius 1 is 0.816 bits per heavy atom. The highest BCUT2D eigenvalue weighted by Gasteiger charge is 2.23. The molecule has 0 saturated carbocycles. The Hall–Kier alpha value is -3.23. The minimum atomic E-state index is -1.06. The number of hydrogen-bond donors (Lipinski definition) is 3. The van der Waals surface area contributed by atoms with Gasteiger partial charge in [-0.25, -0.2) is 0 Å². The quantitative estimate of drug-likeness (QED) is 0.162. The summed E-state index contributed by atoms with van der Waals surface area (Å²) >= 11 is 0. The summed E-state index contributed by atoms with van der Waals surface area (Å²) in [5.74, 6) is -1.85. The Bertz CT molecular complexity index is 874. The van der Waals surface area contributed by atoms with Crippen LogP contribution in [0.2, 0.25) is 0 Å². The third-order valence-electron chi connectivity index (χ3n) is 6.23. The normalized spacial score (nSPS) is 12.3. The van der Waals surface area contributed by atoms with Crippen LogP contribution in [-0.2, 0) is 35.3 Å². The molecule has 0 aliphatic rings. The van der Waals surface area contributed by atoms with Crippen molar-refractivity contribution in [3.8, 4) is 0 Å². The van der Waals surface area contributed by atoms with Gasteiger partial charge in [0.2, 0.25) is 17.7 Å². The molecule has 0 spiro atoms. The lowest BCUT2D eigenvalue weighted by atomic mass is 10.0. The van der Waals surface area contributed by atoms with Crippen LogP contribution >= 0.6 is 0 Å². The van der Waals surface area contributed by atoms with E-state index >= 15 is 0 Å². The molecule has 0 bridgehead atoms. The third kappa shape index (κ3) is 15.8. The molecule has 0 heterocycles. The second-order valence-electron chi connectivity index (χ2n) is 9.70. The Labute approximate surface area is 226 Å². The van der Waals surface area contributed by atoms with E-state index in [4.69, 9.17) is 10.5 Å². The van der Waals surface area contributed by atoms with Crippen LogP contribution < -0.4 is 16.4 Å². The van der Waals surface area contributed by atoms with Crippen LogP contribution in [0.5, 0.6) is 0 Å². The zero-order valence-electron chi connectivity index (χ0n) is 23.0. The maximum Gasteiger partial charge on any atom is 0.306 e. The molecule has 9 nitrogen and oxygen atoms in total. The first-order valence-corrected chi connectivity index (χ1v) is 13.8. The number of nitrogens with two attached hydrogens (primary N) is 1. The predicted octanol–water partition coefficient (Wildman–Crippen LogP) is 3.86. The summed E-state index contributed by atoms with van der Waals surface area (Å²) < 4.78 is 5.18. The van der Waals surface area contributed by atoms with Gasteiger partial charge in [-0.3, -0.25) is 24.0 Å². The van der Waals surface area contributed by atoms with Gasteiger partial charge < -0.3 is 21.1 Å². The first kappa shape index (κ1) is 32.8. The summed E-state index contributed by atoms with van der Waals surface area (Å²) in [6.45, 7) is 3.79. The highest BCUT2D eigenvalue weighted by atomic mass is 16.5. The number of nitrogens with one attached hydrogen (secondary N) is 2. The van der Waals surface area contributed by atoms with Crippen LogP contribution in [0, 0.1) is 0 Å². The summed E-state index contributed by atoms with van der Waals surface area (Å²) in [5.41, 5.74) is 6.22. The first-order chi connectivity index (χ1) is 18.2. The number of unbranched alkanes of at least 4 members (excludes halogenated alkanes) is 6. The van der Waals surface area contributed by atoms with E-state index in [1.807, 2.05) is 30.3 Å². The van der Waals surface area contributed by atoms with Gasteiger partial charge in [0.25, 0.3) is 0 Å². The number of rotatable bonds is 21. The maximum atomic E-state index is 12.5. The molecule has 3 amide bonds. The molecule has 38 heavy (non-hydrogen) atoms.